The second-order valence-electron chi connectivity index (χ2n) is 7.83. The summed E-state index contributed by atoms with van der Waals surface area (Å²) in [4.78, 5) is 0. The van der Waals surface area contributed by atoms with E-state index in [1.54, 1.807) is 4.68 Å². The number of nitrogens with zero attached hydrogens (tertiary/aromatic N) is 5. The Morgan fingerprint density at radius 2 is 1.94 bits per heavy atom. The molecule has 0 fully saturated rings. The van der Waals surface area contributed by atoms with Gasteiger partial charge in [-0.15, -0.1) is 0 Å². The molecule has 0 unspecified atom stereocenters. The fourth-order valence-electron chi connectivity index (χ4n) is 4.67. The third kappa shape index (κ3) is 2.79. The predicted molar refractivity (Wildman–Crippen MR) is 125 cm³/mol. The molecule has 31 heavy (non-hydrogen) atoms. The minimum absolute atomic E-state index is 0.449. The van der Waals surface area contributed by atoms with E-state index in [9.17, 15) is 0 Å². The molecule has 0 saturated heterocycles. The molecule has 2 N–H and O–H groups in total. The van der Waals surface area contributed by atoms with Gasteiger partial charge in [-0.3, -0.25) is 5.10 Å². The molecular weight excluding hydrogens is 406 g/mol. The van der Waals surface area contributed by atoms with Crippen LogP contribution in [0.3, 0.4) is 0 Å². The monoisotopic (exact) mass is 427 g/mol. The van der Waals surface area contributed by atoms with Gasteiger partial charge in [-0.1, -0.05) is 24.3 Å². The van der Waals surface area contributed by atoms with Gasteiger partial charge in [-0.05, 0) is 62.2 Å². The molecule has 3 aromatic heterocycles. The Labute approximate surface area is 183 Å². The van der Waals surface area contributed by atoms with Gasteiger partial charge in [-0.2, -0.15) is 20.0 Å². The smallest absolute Gasteiger partial charge is 0.216 e. The van der Waals surface area contributed by atoms with Crippen molar-refractivity contribution in [2.75, 3.05) is 0 Å². The molecule has 154 valence electrons. The first-order valence-corrected chi connectivity index (χ1v) is 10.9. The number of hydrogen-bond acceptors (Lipinski definition) is 4. The topological polar surface area (TPSA) is 79.6 Å². The minimum Gasteiger partial charge on any atom is -0.341 e. The maximum atomic E-state index is 5.44. The summed E-state index contributed by atoms with van der Waals surface area (Å²) in [7, 11) is 0. The van der Waals surface area contributed by atoms with E-state index in [-0.39, 0.29) is 0 Å². The second kappa shape index (κ2) is 7.02. The van der Waals surface area contributed by atoms with E-state index < -0.39 is 0 Å². The van der Waals surface area contributed by atoms with Gasteiger partial charge in [0.2, 0.25) is 10.6 Å². The largest absolute Gasteiger partial charge is 0.341 e. The molecule has 6 rings (SSSR count). The quantitative estimate of drug-likeness (QED) is 0.318. The van der Waals surface area contributed by atoms with Crippen LogP contribution in [0.25, 0.3) is 33.3 Å². The standard InChI is InChI=1S/C23H21N7S/c1-2-29-19-9-4-3-6-15(19)17-12-14(10-11-20(17)29)13-24-30-22(27-28-23(30)31)21-16-7-5-8-18(16)25-26-21/h3-4,6,9-13H,2,5,7-8H2,1H3,(H,25,26)(H,28,31)/b24-13+. The number of benzene rings is 2. The fraction of sp³-hybridized carbons (Fsp3) is 0.217. The van der Waals surface area contributed by atoms with Crippen LogP contribution in [-0.2, 0) is 19.4 Å². The highest BCUT2D eigenvalue weighted by molar-refractivity contribution is 7.71. The van der Waals surface area contributed by atoms with E-state index in [0.717, 1.165) is 37.1 Å². The van der Waals surface area contributed by atoms with Crippen LogP contribution in [0.1, 0.15) is 30.2 Å². The third-order valence-electron chi connectivity index (χ3n) is 6.10. The van der Waals surface area contributed by atoms with Crippen molar-refractivity contribution in [1.82, 2.24) is 29.6 Å². The zero-order valence-electron chi connectivity index (χ0n) is 17.1. The van der Waals surface area contributed by atoms with Crippen molar-refractivity contribution in [3.63, 3.8) is 0 Å². The molecule has 0 amide bonds. The maximum absolute atomic E-state index is 5.44. The van der Waals surface area contributed by atoms with Crippen LogP contribution >= 0.6 is 12.2 Å². The lowest BCUT2D eigenvalue weighted by Crippen LogP contribution is -1.97. The normalized spacial score (nSPS) is 13.7. The van der Waals surface area contributed by atoms with Crippen LogP contribution in [0.2, 0.25) is 0 Å². The summed E-state index contributed by atoms with van der Waals surface area (Å²) in [6.07, 6.45) is 5.00. The van der Waals surface area contributed by atoms with Crippen molar-refractivity contribution in [2.45, 2.75) is 32.7 Å². The lowest BCUT2D eigenvalue weighted by molar-refractivity contribution is 0.827. The van der Waals surface area contributed by atoms with Crippen molar-refractivity contribution < 1.29 is 0 Å². The van der Waals surface area contributed by atoms with Gasteiger partial charge in [0, 0.05) is 39.6 Å². The molecule has 5 aromatic rings. The molecule has 0 spiro atoms. The van der Waals surface area contributed by atoms with Crippen LogP contribution in [0, 0.1) is 4.77 Å². The van der Waals surface area contributed by atoms with E-state index in [1.807, 2.05) is 6.21 Å². The van der Waals surface area contributed by atoms with E-state index in [4.69, 9.17) is 12.2 Å². The molecule has 0 atom stereocenters. The van der Waals surface area contributed by atoms with Gasteiger partial charge < -0.3 is 4.57 Å². The van der Waals surface area contributed by atoms with Crippen LogP contribution in [0.4, 0.5) is 0 Å². The van der Waals surface area contributed by atoms with Crippen molar-refractivity contribution in [2.24, 2.45) is 5.10 Å². The molecule has 3 heterocycles. The molecule has 2 aromatic carbocycles. The number of aryl methyl sites for hydroxylation is 2. The highest BCUT2D eigenvalue weighted by Gasteiger charge is 2.23. The SMILES string of the molecule is CCn1c2ccccc2c2cc(/C=N/n3c(-c4n[nH]c5c4CCC5)n[nH]c3=S)ccc21. The number of H-pyrrole nitrogens is 2. The van der Waals surface area contributed by atoms with Gasteiger partial charge in [0.1, 0.15) is 5.69 Å². The number of nitrogens with one attached hydrogen (secondary N) is 2. The highest BCUT2D eigenvalue weighted by Crippen LogP contribution is 2.30. The van der Waals surface area contributed by atoms with Crippen LogP contribution < -0.4 is 0 Å². The van der Waals surface area contributed by atoms with Crippen molar-refractivity contribution >= 4 is 40.2 Å². The Kier molecular flexibility index (Phi) is 4.14. The summed E-state index contributed by atoms with van der Waals surface area (Å²) < 4.78 is 4.45. The van der Waals surface area contributed by atoms with Crippen molar-refractivity contribution in [3.8, 4) is 11.5 Å². The Balaban J connectivity index is 1.44. The molecule has 0 aliphatic heterocycles. The number of fused-ring (bicyclic) bond motifs is 4. The Hall–Kier alpha value is -3.52. The Bertz CT molecular complexity index is 1530. The van der Waals surface area contributed by atoms with Gasteiger partial charge >= 0.3 is 0 Å². The van der Waals surface area contributed by atoms with E-state index >= 15 is 0 Å². The lowest BCUT2D eigenvalue weighted by atomic mass is 10.1. The van der Waals surface area contributed by atoms with E-state index in [2.05, 4.69) is 79.5 Å². The molecule has 0 bridgehead atoms. The first-order chi connectivity index (χ1) is 15.2. The molecule has 8 heteroatoms. The Morgan fingerprint density at radius 1 is 1.06 bits per heavy atom. The molecule has 1 aliphatic carbocycles. The third-order valence-corrected chi connectivity index (χ3v) is 6.37. The number of aromatic nitrogens is 6. The molecule has 1 aliphatic rings. The fourth-order valence-corrected chi connectivity index (χ4v) is 4.85. The molecule has 0 radical (unpaired) electrons. The first-order valence-electron chi connectivity index (χ1n) is 10.5. The van der Waals surface area contributed by atoms with Crippen molar-refractivity contribution in [3.05, 3.63) is 64.1 Å². The lowest BCUT2D eigenvalue weighted by Gasteiger charge is -2.03. The summed E-state index contributed by atoms with van der Waals surface area (Å²) in [5.74, 6) is 0.643. The minimum atomic E-state index is 0.449. The zero-order chi connectivity index (χ0) is 20.9. The summed E-state index contributed by atoms with van der Waals surface area (Å²) in [6, 6.07) is 15.0. The molecule has 7 nitrogen and oxygen atoms in total. The number of rotatable bonds is 4. The van der Waals surface area contributed by atoms with Gasteiger partial charge in [0.15, 0.2) is 0 Å². The first kappa shape index (κ1) is 18.3. The molecule has 0 saturated carbocycles. The number of hydrogen-bond donors (Lipinski definition) is 2. The number of para-hydroxylation sites is 1. The second-order valence-corrected chi connectivity index (χ2v) is 8.22. The summed E-state index contributed by atoms with van der Waals surface area (Å²) >= 11 is 5.44. The summed E-state index contributed by atoms with van der Waals surface area (Å²) in [6.45, 7) is 3.11. The molecular formula is C23H21N7S. The van der Waals surface area contributed by atoms with Crippen LogP contribution in [0.5, 0.6) is 0 Å². The Morgan fingerprint density at radius 3 is 2.84 bits per heavy atom. The van der Waals surface area contributed by atoms with Crippen LogP contribution in [0.15, 0.2) is 47.6 Å². The van der Waals surface area contributed by atoms with Crippen molar-refractivity contribution in [1.29, 1.82) is 0 Å². The average molecular weight is 428 g/mol. The van der Waals surface area contributed by atoms with Gasteiger partial charge in [-0.25, -0.2) is 5.10 Å². The summed E-state index contributed by atoms with van der Waals surface area (Å²) in [5, 5.41) is 22.0. The maximum Gasteiger partial charge on any atom is 0.216 e. The van der Waals surface area contributed by atoms with Crippen LogP contribution in [-0.4, -0.2) is 35.9 Å². The highest BCUT2D eigenvalue weighted by atomic mass is 32.1. The summed E-state index contributed by atoms with van der Waals surface area (Å²) in [5.41, 5.74) is 6.73. The average Bonchev–Trinajstić information content (AvgIpc) is 3.54. The number of aromatic amines is 2. The zero-order valence-corrected chi connectivity index (χ0v) is 17.9. The van der Waals surface area contributed by atoms with Gasteiger partial charge in [0.05, 0.1) is 6.21 Å². The van der Waals surface area contributed by atoms with E-state index in [0.29, 0.717) is 10.6 Å². The van der Waals surface area contributed by atoms with Gasteiger partial charge in [0.25, 0.3) is 0 Å². The predicted octanol–water partition coefficient (Wildman–Crippen LogP) is 4.83. The van der Waals surface area contributed by atoms with E-state index in [1.165, 1.54) is 33.1 Å².